The first-order chi connectivity index (χ1) is 11.7. The molecule has 2 heterocycles. The van der Waals surface area contributed by atoms with Crippen molar-refractivity contribution in [3.05, 3.63) is 41.5 Å². The number of furan rings is 1. The zero-order valence-corrected chi connectivity index (χ0v) is 14.9. The number of carbonyl (C=O) groups is 1. The van der Waals surface area contributed by atoms with Crippen molar-refractivity contribution in [2.75, 3.05) is 12.9 Å². The molecule has 2 aromatic heterocycles. The second kappa shape index (κ2) is 7.76. The number of para-hydroxylation sites is 1. The predicted octanol–water partition coefficient (Wildman–Crippen LogP) is 4.15. The summed E-state index contributed by atoms with van der Waals surface area (Å²) >= 11 is 2.99. The maximum atomic E-state index is 12.2. The Morgan fingerprint density at radius 1 is 1.21 bits per heavy atom. The molecular weight excluding hydrogens is 348 g/mol. The molecule has 24 heavy (non-hydrogen) atoms. The van der Waals surface area contributed by atoms with E-state index >= 15 is 0 Å². The minimum absolute atomic E-state index is 0.231. The van der Waals surface area contributed by atoms with Crippen LogP contribution >= 0.6 is 23.5 Å². The number of hydrogen-bond donors (Lipinski definition) is 0. The van der Waals surface area contributed by atoms with Crippen molar-refractivity contribution in [1.82, 2.24) is 10.2 Å². The number of esters is 1. The van der Waals surface area contributed by atoms with Crippen LogP contribution in [0.1, 0.15) is 28.9 Å². The van der Waals surface area contributed by atoms with E-state index in [4.69, 9.17) is 13.6 Å². The number of nitrogens with zero attached hydrogens (tertiary/aromatic N) is 2. The zero-order valence-electron chi connectivity index (χ0n) is 13.3. The van der Waals surface area contributed by atoms with E-state index in [-0.39, 0.29) is 5.76 Å². The van der Waals surface area contributed by atoms with E-state index in [2.05, 4.69) is 10.2 Å². The summed E-state index contributed by atoms with van der Waals surface area (Å²) in [6.07, 6.45) is 1.97. The van der Waals surface area contributed by atoms with Gasteiger partial charge in [-0.1, -0.05) is 30.0 Å². The van der Waals surface area contributed by atoms with Crippen molar-refractivity contribution in [3.63, 3.8) is 0 Å². The van der Waals surface area contributed by atoms with Gasteiger partial charge in [-0.05, 0) is 19.2 Å². The van der Waals surface area contributed by atoms with Gasteiger partial charge in [0, 0.05) is 16.7 Å². The number of ether oxygens (including phenoxy) is 1. The molecule has 0 bridgehead atoms. The van der Waals surface area contributed by atoms with Gasteiger partial charge in [-0.25, -0.2) is 4.79 Å². The van der Waals surface area contributed by atoms with Crippen LogP contribution in [0, 0.1) is 0 Å². The van der Waals surface area contributed by atoms with Gasteiger partial charge in [0.05, 0.1) is 12.4 Å². The van der Waals surface area contributed by atoms with Gasteiger partial charge in [0.2, 0.25) is 11.7 Å². The zero-order chi connectivity index (χ0) is 16.9. The summed E-state index contributed by atoms with van der Waals surface area (Å²) in [5, 5.41) is 9.35. The SMILES string of the molecule is CCOC(=O)c1oc2ccccc2c1CSc1nnc(CSC)o1. The van der Waals surface area contributed by atoms with Crippen molar-refractivity contribution < 1.29 is 18.4 Å². The number of thioether (sulfide) groups is 2. The number of benzene rings is 1. The van der Waals surface area contributed by atoms with E-state index in [9.17, 15) is 4.79 Å². The summed E-state index contributed by atoms with van der Waals surface area (Å²) in [4.78, 5) is 12.2. The van der Waals surface area contributed by atoms with Gasteiger partial charge >= 0.3 is 5.97 Å². The standard InChI is InChI=1S/C16H16N2O4S2/c1-3-20-15(19)14-11(10-6-4-5-7-12(10)21-14)8-24-16-18-17-13(22-16)9-23-2/h4-7H,3,8-9H2,1-2H3. The summed E-state index contributed by atoms with van der Waals surface area (Å²) in [5.41, 5.74) is 1.43. The first-order valence-electron chi connectivity index (χ1n) is 7.34. The van der Waals surface area contributed by atoms with Crippen molar-refractivity contribution >= 4 is 40.5 Å². The number of rotatable bonds is 7. The van der Waals surface area contributed by atoms with E-state index in [1.54, 1.807) is 18.7 Å². The maximum absolute atomic E-state index is 12.2. The molecule has 0 saturated heterocycles. The van der Waals surface area contributed by atoms with Crippen molar-refractivity contribution in [2.24, 2.45) is 0 Å². The lowest BCUT2D eigenvalue weighted by Gasteiger charge is -2.01. The van der Waals surface area contributed by atoms with Crippen LogP contribution in [-0.2, 0) is 16.2 Å². The second-order valence-electron chi connectivity index (χ2n) is 4.81. The fourth-order valence-electron chi connectivity index (χ4n) is 2.22. The smallest absolute Gasteiger partial charge is 0.374 e. The lowest BCUT2D eigenvalue weighted by Crippen LogP contribution is -2.05. The third kappa shape index (κ3) is 3.59. The summed E-state index contributed by atoms with van der Waals surface area (Å²) in [7, 11) is 0. The fourth-order valence-corrected chi connectivity index (χ4v) is 3.39. The summed E-state index contributed by atoms with van der Waals surface area (Å²) in [5.74, 6) is 1.52. The van der Waals surface area contributed by atoms with Gasteiger partial charge in [0.1, 0.15) is 5.58 Å². The highest BCUT2D eigenvalue weighted by Crippen LogP contribution is 2.32. The van der Waals surface area contributed by atoms with E-state index in [0.717, 1.165) is 10.9 Å². The molecular formula is C16H16N2O4S2. The Morgan fingerprint density at radius 3 is 2.83 bits per heavy atom. The Balaban J connectivity index is 1.86. The summed E-state index contributed by atoms with van der Waals surface area (Å²) in [6.45, 7) is 2.06. The molecule has 0 aliphatic rings. The third-order valence-corrected chi connectivity index (χ3v) is 4.60. The molecule has 0 atom stereocenters. The third-order valence-electron chi connectivity index (χ3n) is 3.22. The van der Waals surface area contributed by atoms with Crippen LogP contribution in [0.2, 0.25) is 0 Å². The molecule has 0 spiro atoms. The predicted molar refractivity (Wildman–Crippen MR) is 93.2 cm³/mol. The Bertz CT molecular complexity index is 844. The topological polar surface area (TPSA) is 78.4 Å². The number of fused-ring (bicyclic) bond motifs is 1. The molecule has 3 aromatic rings. The number of carbonyl (C=O) groups excluding carboxylic acids is 1. The van der Waals surface area contributed by atoms with E-state index in [1.165, 1.54) is 11.8 Å². The molecule has 0 amide bonds. The highest BCUT2D eigenvalue weighted by atomic mass is 32.2. The summed E-state index contributed by atoms with van der Waals surface area (Å²) in [6, 6.07) is 7.52. The molecule has 0 aliphatic heterocycles. The van der Waals surface area contributed by atoms with E-state index in [1.807, 2.05) is 30.5 Å². The second-order valence-corrected chi connectivity index (χ2v) is 6.60. The lowest BCUT2D eigenvalue weighted by atomic mass is 10.1. The quantitative estimate of drug-likeness (QED) is 0.457. The minimum Gasteiger partial charge on any atom is -0.460 e. The number of aromatic nitrogens is 2. The van der Waals surface area contributed by atoms with E-state index in [0.29, 0.717) is 34.8 Å². The molecule has 1 aromatic carbocycles. The molecule has 0 unspecified atom stereocenters. The molecule has 0 radical (unpaired) electrons. The lowest BCUT2D eigenvalue weighted by molar-refractivity contribution is 0.0491. The molecule has 8 heteroatoms. The largest absolute Gasteiger partial charge is 0.460 e. The van der Waals surface area contributed by atoms with E-state index < -0.39 is 5.97 Å². The Labute approximate surface area is 147 Å². The normalized spacial score (nSPS) is 11.1. The van der Waals surface area contributed by atoms with Gasteiger partial charge in [0.25, 0.3) is 5.22 Å². The summed E-state index contributed by atoms with van der Waals surface area (Å²) < 4.78 is 16.3. The molecule has 0 fully saturated rings. The van der Waals surface area contributed by atoms with Gasteiger partial charge in [-0.3, -0.25) is 0 Å². The van der Waals surface area contributed by atoms with Gasteiger partial charge < -0.3 is 13.6 Å². The average molecular weight is 364 g/mol. The fraction of sp³-hybridized carbons (Fsp3) is 0.312. The van der Waals surface area contributed by atoms with Crippen LogP contribution in [-0.4, -0.2) is 29.0 Å². The van der Waals surface area contributed by atoms with Crippen LogP contribution < -0.4 is 0 Å². The first kappa shape index (κ1) is 16.9. The van der Waals surface area contributed by atoms with Crippen LogP contribution in [0.15, 0.2) is 38.3 Å². The number of hydrogen-bond acceptors (Lipinski definition) is 8. The Hall–Kier alpha value is -1.93. The monoisotopic (exact) mass is 364 g/mol. The molecule has 0 N–H and O–H groups in total. The highest BCUT2D eigenvalue weighted by molar-refractivity contribution is 7.98. The van der Waals surface area contributed by atoms with Gasteiger partial charge in [-0.2, -0.15) is 11.8 Å². The van der Waals surface area contributed by atoms with Crippen molar-refractivity contribution in [2.45, 2.75) is 23.7 Å². The van der Waals surface area contributed by atoms with Crippen LogP contribution in [0.25, 0.3) is 11.0 Å². The Kier molecular flexibility index (Phi) is 5.47. The van der Waals surface area contributed by atoms with Crippen LogP contribution in [0.4, 0.5) is 0 Å². The molecule has 0 aliphatic carbocycles. The van der Waals surface area contributed by atoms with Crippen molar-refractivity contribution in [3.8, 4) is 0 Å². The molecule has 6 nitrogen and oxygen atoms in total. The first-order valence-corrected chi connectivity index (χ1v) is 9.72. The molecule has 0 saturated carbocycles. The van der Waals surface area contributed by atoms with Crippen LogP contribution in [0.5, 0.6) is 0 Å². The van der Waals surface area contributed by atoms with Gasteiger partial charge in [-0.15, -0.1) is 10.2 Å². The van der Waals surface area contributed by atoms with Crippen LogP contribution in [0.3, 0.4) is 0 Å². The molecule has 3 rings (SSSR count). The minimum atomic E-state index is -0.460. The van der Waals surface area contributed by atoms with Crippen molar-refractivity contribution in [1.29, 1.82) is 0 Å². The Morgan fingerprint density at radius 2 is 2.04 bits per heavy atom. The maximum Gasteiger partial charge on any atom is 0.374 e. The van der Waals surface area contributed by atoms with Gasteiger partial charge in [0.15, 0.2) is 0 Å². The highest BCUT2D eigenvalue weighted by Gasteiger charge is 2.22. The average Bonchev–Trinajstić information content (AvgIpc) is 3.18. The molecule has 126 valence electrons.